The summed E-state index contributed by atoms with van der Waals surface area (Å²) in [6.07, 6.45) is 0.923. The fraction of sp³-hybridized carbons (Fsp3) is 0.321. The number of hydrogen-bond acceptors (Lipinski definition) is 5. The van der Waals surface area contributed by atoms with E-state index >= 15 is 0 Å². The zero-order valence-corrected chi connectivity index (χ0v) is 21.0. The van der Waals surface area contributed by atoms with Gasteiger partial charge < -0.3 is 19.3 Å². The van der Waals surface area contributed by atoms with Gasteiger partial charge in [0.15, 0.2) is 0 Å². The van der Waals surface area contributed by atoms with Crippen molar-refractivity contribution in [2.45, 2.75) is 31.1 Å². The number of para-hydroxylation sites is 2. The number of anilines is 2. The summed E-state index contributed by atoms with van der Waals surface area (Å²) in [5.41, 5.74) is 4.19. The molecule has 1 saturated heterocycles. The number of nitrogens with zero attached hydrogens (tertiary/aromatic N) is 2. The molecule has 1 heterocycles. The number of carbonyl (C=O) groups is 1. The fourth-order valence-electron chi connectivity index (χ4n) is 4.18. The van der Waals surface area contributed by atoms with Crippen molar-refractivity contribution in [2.75, 3.05) is 42.9 Å². The van der Waals surface area contributed by atoms with Crippen molar-refractivity contribution in [1.82, 2.24) is 4.90 Å². The molecule has 0 saturated carbocycles. The second kappa shape index (κ2) is 11.3. The molecule has 1 N–H and O–H groups in total. The van der Waals surface area contributed by atoms with E-state index in [9.17, 15) is 4.79 Å². The first kappa shape index (κ1) is 24.0. The number of carbonyl (C=O) groups excluding carboxylic acids is 1. The van der Waals surface area contributed by atoms with Gasteiger partial charge in [0.25, 0.3) is 5.91 Å². The number of amides is 1. The molecular weight excluding hydrogens is 442 g/mol. The van der Waals surface area contributed by atoms with Gasteiger partial charge in [-0.25, -0.2) is 0 Å². The average Bonchev–Trinajstić information content (AvgIpc) is 3.13. The lowest BCUT2D eigenvalue weighted by molar-refractivity contribution is 0.0767. The monoisotopic (exact) mass is 475 g/mol. The quantitative estimate of drug-likeness (QED) is 0.407. The first-order chi connectivity index (χ1) is 16.5. The van der Waals surface area contributed by atoms with Crippen LogP contribution in [0.2, 0.25) is 0 Å². The molecule has 0 aliphatic carbocycles. The van der Waals surface area contributed by atoms with Crippen LogP contribution >= 0.6 is 11.9 Å². The third-order valence-corrected chi connectivity index (χ3v) is 6.98. The van der Waals surface area contributed by atoms with Gasteiger partial charge in [-0.3, -0.25) is 4.79 Å². The highest BCUT2D eigenvalue weighted by Gasteiger charge is 2.22. The smallest absolute Gasteiger partial charge is 0.253 e. The maximum atomic E-state index is 13.3. The number of ether oxygens (including phenoxy) is 1. The molecule has 1 aliphatic heterocycles. The standard InChI is InChI=1S/C28H33N3O2S/c1-21(2)22-12-14-24(15-13-22)29-34-25-9-6-8-23(20-25)28(32)31-17-7-16-30(18-19-31)26-10-4-5-11-27(26)33-3/h4-6,8-15,20-21,29H,7,16-19H2,1-3H3. The third-order valence-electron chi connectivity index (χ3n) is 6.15. The lowest BCUT2D eigenvalue weighted by Gasteiger charge is -2.25. The Morgan fingerprint density at radius 3 is 2.50 bits per heavy atom. The molecule has 1 aliphatic rings. The van der Waals surface area contributed by atoms with Crippen molar-refractivity contribution in [3.05, 3.63) is 83.9 Å². The van der Waals surface area contributed by atoms with Crippen LogP contribution in [0.25, 0.3) is 0 Å². The predicted molar refractivity (Wildman–Crippen MR) is 142 cm³/mol. The van der Waals surface area contributed by atoms with Crippen molar-refractivity contribution in [3.8, 4) is 5.75 Å². The Morgan fingerprint density at radius 2 is 1.74 bits per heavy atom. The normalized spacial score (nSPS) is 14.1. The summed E-state index contributed by atoms with van der Waals surface area (Å²) < 4.78 is 8.93. The maximum absolute atomic E-state index is 13.3. The fourth-order valence-corrected chi connectivity index (χ4v) is 4.89. The Bertz CT molecular complexity index is 1100. The highest BCUT2D eigenvalue weighted by Crippen LogP contribution is 2.29. The summed E-state index contributed by atoms with van der Waals surface area (Å²) in [6.45, 7) is 7.52. The number of rotatable bonds is 7. The molecule has 0 radical (unpaired) electrons. The summed E-state index contributed by atoms with van der Waals surface area (Å²) in [7, 11) is 1.70. The summed E-state index contributed by atoms with van der Waals surface area (Å²) in [4.78, 5) is 18.6. The molecule has 0 aromatic heterocycles. The van der Waals surface area contributed by atoms with Crippen molar-refractivity contribution in [3.63, 3.8) is 0 Å². The summed E-state index contributed by atoms with van der Waals surface area (Å²) in [5.74, 6) is 1.48. The Balaban J connectivity index is 1.38. The molecule has 4 rings (SSSR count). The van der Waals surface area contributed by atoms with Crippen LogP contribution in [0.4, 0.5) is 11.4 Å². The molecule has 1 fully saturated rings. The van der Waals surface area contributed by atoms with Gasteiger partial charge >= 0.3 is 0 Å². The molecule has 5 nitrogen and oxygen atoms in total. The zero-order valence-electron chi connectivity index (χ0n) is 20.2. The van der Waals surface area contributed by atoms with E-state index in [1.807, 2.05) is 47.4 Å². The number of methoxy groups -OCH3 is 1. The van der Waals surface area contributed by atoms with Crippen LogP contribution in [0.3, 0.4) is 0 Å². The molecule has 0 atom stereocenters. The zero-order chi connectivity index (χ0) is 23.9. The van der Waals surface area contributed by atoms with Gasteiger partial charge in [0.1, 0.15) is 5.75 Å². The van der Waals surface area contributed by atoms with E-state index in [4.69, 9.17) is 4.74 Å². The topological polar surface area (TPSA) is 44.8 Å². The molecule has 0 bridgehead atoms. The van der Waals surface area contributed by atoms with Gasteiger partial charge in [0.05, 0.1) is 12.8 Å². The Labute approximate surface area is 207 Å². The van der Waals surface area contributed by atoms with Gasteiger partial charge in [-0.05, 0) is 72.3 Å². The minimum atomic E-state index is 0.0885. The Kier molecular flexibility index (Phi) is 8.01. The van der Waals surface area contributed by atoms with Gasteiger partial charge in [-0.2, -0.15) is 0 Å². The first-order valence-corrected chi connectivity index (χ1v) is 12.7. The summed E-state index contributed by atoms with van der Waals surface area (Å²) >= 11 is 1.53. The van der Waals surface area contributed by atoms with E-state index in [1.165, 1.54) is 17.5 Å². The highest BCUT2D eigenvalue weighted by molar-refractivity contribution is 8.00. The van der Waals surface area contributed by atoms with Crippen LogP contribution in [-0.2, 0) is 0 Å². The first-order valence-electron chi connectivity index (χ1n) is 11.9. The van der Waals surface area contributed by atoms with E-state index < -0.39 is 0 Å². The van der Waals surface area contributed by atoms with Crippen molar-refractivity contribution < 1.29 is 9.53 Å². The van der Waals surface area contributed by atoms with E-state index in [0.29, 0.717) is 12.5 Å². The van der Waals surface area contributed by atoms with Crippen LogP contribution in [-0.4, -0.2) is 44.1 Å². The van der Waals surface area contributed by atoms with Gasteiger partial charge in [-0.15, -0.1) is 0 Å². The molecular formula is C28H33N3O2S. The molecule has 1 amide bonds. The van der Waals surface area contributed by atoms with Gasteiger partial charge in [0, 0.05) is 42.3 Å². The van der Waals surface area contributed by atoms with Gasteiger partial charge in [-0.1, -0.05) is 44.2 Å². The van der Waals surface area contributed by atoms with Gasteiger partial charge in [0.2, 0.25) is 0 Å². The molecule has 0 spiro atoms. The minimum absolute atomic E-state index is 0.0885. The van der Waals surface area contributed by atoms with Crippen molar-refractivity contribution in [1.29, 1.82) is 0 Å². The second-order valence-electron chi connectivity index (χ2n) is 8.81. The molecule has 34 heavy (non-hydrogen) atoms. The summed E-state index contributed by atoms with van der Waals surface area (Å²) in [6, 6.07) is 24.5. The second-order valence-corrected chi connectivity index (χ2v) is 9.69. The molecule has 0 unspecified atom stereocenters. The third kappa shape index (κ3) is 5.86. The molecule has 3 aromatic carbocycles. The largest absolute Gasteiger partial charge is 0.495 e. The number of nitrogens with one attached hydrogen (secondary N) is 1. The predicted octanol–water partition coefficient (Wildman–Crippen LogP) is 6.29. The van der Waals surface area contributed by atoms with E-state index in [-0.39, 0.29) is 5.91 Å². The van der Waals surface area contributed by atoms with Crippen LogP contribution in [0.5, 0.6) is 5.75 Å². The molecule has 178 valence electrons. The maximum Gasteiger partial charge on any atom is 0.253 e. The van der Waals surface area contributed by atoms with Crippen LogP contribution < -0.4 is 14.4 Å². The van der Waals surface area contributed by atoms with Crippen LogP contribution in [0.15, 0.2) is 77.7 Å². The number of benzene rings is 3. The Morgan fingerprint density at radius 1 is 0.941 bits per heavy atom. The van der Waals surface area contributed by atoms with E-state index in [1.54, 1.807) is 7.11 Å². The molecule has 3 aromatic rings. The molecule has 6 heteroatoms. The van der Waals surface area contributed by atoms with Crippen molar-refractivity contribution in [2.24, 2.45) is 0 Å². The number of hydrogen-bond donors (Lipinski definition) is 1. The van der Waals surface area contributed by atoms with E-state index in [2.05, 4.69) is 53.8 Å². The SMILES string of the molecule is COc1ccccc1N1CCCN(C(=O)c2cccc(SNc3ccc(C(C)C)cc3)c2)CC1. The lowest BCUT2D eigenvalue weighted by Crippen LogP contribution is -2.35. The van der Waals surface area contributed by atoms with Crippen LogP contribution in [0.1, 0.15) is 42.1 Å². The summed E-state index contributed by atoms with van der Waals surface area (Å²) in [5, 5.41) is 0. The van der Waals surface area contributed by atoms with Crippen LogP contribution in [0, 0.1) is 0 Å². The highest BCUT2D eigenvalue weighted by atomic mass is 32.2. The minimum Gasteiger partial charge on any atom is -0.495 e. The van der Waals surface area contributed by atoms with Crippen molar-refractivity contribution >= 4 is 29.2 Å². The lowest BCUT2D eigenvalue weighted by atomic mass is 10.0. The van der Waals surface area contributed by atoms with E-state index in [0.717, 1.165) is 53.6 Å². The Hall–Kier alpha value is -3.12. The average molecular weight is 476 g/mol.